The van der Waals surface area contributed by atoms with Crippen LogP contribution in [-0.2, 0) is 6.42 Å². The number of aromatic nitrogens is 6. The van der Waals surface area contributed by atoms with E-state index < -0.39 is 0 Å². The first-order chi connectivity index (χ1) is 17.4. The van der Waals surface area contributed by atoms with E-state index in [0.29, 0.717) is 11.7 Å². The highest BCUT2D eigenvalue weighted by atomic mass is 19.1. The number of nitrogens with zero attached hydrogens (tertiary/aromatic N) is 6. The van der Waals surface area contributed by atoms with Crippen molar-refractivity contribution in [3.05, 3.63) is 78.1 Å². The number of hydrogen-bond donors (Lipinski definition) is 0. The van der Waals surface area contributed by atoms with Crippen molar-refractivity contribution in [2.45, 2.75) is 61.8 Å². The lowest BCUT2D eigenvalue weighted by Crippen LogP contribution is -2.04. The average Bonchev–Trinajstić information content (AvgIpc) is 3.29. The molecule has 0 unspecified atom stereocenters. The Bertz CT molecular complexity index is 1140. The second-order valence-electron chi connectivity index (χ2n) is 7.69. The van der Waals surface area contributed by atoms with Crippen molar-refractivity contribution in [1.29, 1.82) is 0 Å². The van der Waals surface area contributed by atoms with Crippen molar-refractivity contribution >= 4 is 0 Å². The normalized spacial score (nSPS) is 9.75. The molecule has 0 spiro atoms. The van der Waals surface area contributed by atoms with Crippen molar-refractivity contribution in [1.82, 2.24) is 29.7 Å². The van der Waals surface area contributed by atoms with Crippen LogP contribution in [0, 0.1) is 25.6 Å². The Balaban J connectivity index is 0.000000366. The standard InChI is InChI=1S/C16H16N4O.C8H11FN2.2C2H6/c1-11-6-4-8-14(21-3)15(11)20-12(2)18-19-16(20)13-7-5-9-17-10-13;1-6(2)3-8-10-4-7(9)5-11-8;2*1-2/h4-10H,1-3H3;4-6H,3H2,1-2H3;2*1-2H3. The Morgan fingerprint density at radius 2 is 1.58 bits per heavy atom. The van der Waals surface area contributed by atoms with Crippen LogP contribution < -0.4 is 4.74 Å². The fourth-order valence-corrected chi connectivity index (χ4v) is 3.20. The van der Waals surface area contributed by atoms with E-state index in [2.05, 4.69) is 39.0 Å². The minimum atomic E-state index is -0.377. The van der Waals surface area contributed by atoms with Gasteiger partial charge in [0.2, 0.25) is 0 Å². The second kappa shape index (κ2) is 16.1. The minimum absolute atomic E-state index is 0.377. The topological polar surface area (TPSA) is 78.6 Å². The maximum Gasteiger partial charge on any atom is 0.170 e. The summed E-state index contributed by atoms with van der Waals surface area (Å²) in [4.78, 5) is 11.8. The third-order valence-electron chi connectivity index (χ3n) is 4.65. The van der Waals surface area contributed by atoms with E-state index in [-0.39, 0.29) is 5.82 Å². The first-order valence-corrected chi connectivity index (χ1v) is 12.3. The zero-order valence-corrected chi connectivity index (χ0v) is 23.0. The molecular formula is C28H39FN6O. The van der Waals surface area contributed by atoms with Crippen LogP contribution in [0.4, 0.5) is 4.39 Å². The van der Waals surface area contributed by atoms with Gasteiger partial charge in [0.1, 0.15) is 17.4 Å². The fourth-order valence-electron chi connectivity index (χ4n) is 3.20. The largest absolute Gasteiger partial charge is 0.495 e. The Kier molecular flexibility index (Phi) is 13.6. The predicted octanol–water partition coefficient (Wildman–Crippen LogP) is 6.82. The molecule has 0 N–H and O–H groups in total. The van der Waals surface area contributed by atoms with Crippen molar-refractivity contribution in [2.24, 2.45) is 5.92 Å². The highest BCUT2D eigenvalue weighted by Gasteiger charge is 2.17. The number of para-hydroxylation sites is 1. The van der Waals surface area contributed by atoms with Crippen LogP contribution in [-0.4, -0.2) is 36.8 Å². The summed E-state index contributed by atoms with van der Waals surface area (Å²) in [5.41, 5.74) is 2.98. The molecule has 0 atom stereocenters. The van der Waals surface area contributed by atoms with Gasteiger partial charge in [0.25, 0.3) is 0 Å². The van der Waals surface area contributed by atoms with Crippen LogP contribution in [0.2, 0.25) is 0 Å². The van der Waals surface area contributed by atoms with Gasteiger partial charge in [-0.25, -0.2) is 14.4 Å². The summed E-state index contributed by atoms with van der Waals surface area (Å²) in [5.74, 6) is 3.21. The maximum absolute atomic E-state index is 12.3. The van der Waals surface area contributed by atoms with Crippen LogP contribution in [0.15, 0.2) is 55.1 Å². The second-order valence-corrected chi connectivity index (χ2v) is 7.69. The van der Waals surface area contributed by atoms with Gasteiger partial charge >= 0.3 is 0 Å². The first-order valence-electron chi connectivity index (χ1n) is 12.3. The minimum Gasteiger partial charge on any atom is -0.495 e. The number of hydrogen-bond acceptors (Lipinski definition) is 6. The molecule has 0 aliphatic rings. The van der Waals surface area contributed by atoms with E-state index in [1.165, 1.54) is 12.4 Å². The lowest BCUT2D eigenvalue weighted by atomic mass is 10.1. The molecule has 0 fully saturated rings. The number of aryl methyl sites for hydroxylation is 2. The van der Waals surface area contributed by atoms with Gasteiger partial charge in [0.15, 0.2) is 11.6 Å². The van der Waals surface area contributed by atoms with Gasteiger partial charge in [0.05, 0.1) is 25.2 Å². The zero-order chi connectivity index (χ0) is 27.1. The molecule has 194 valence electrons. The summed E-state index contributed by atoms with van der Waals surface area (Å²) in [5, 5.41) is 8.51. The van der Waals surface area contributed by atoms with E-state index in [9.17, 15) is 4.39 Å². The number of pyridine rings is 1. The van der Waals surface area contributed by atoms with Gasteiger partial charge in [0, 0.05) is 24.4 Å². The molecule has 1 aromatic carbocycles. The third-order valence-corrected chi connectivity index (χ3v) is 4.65. The Morgan fingerprint density at radius 3 is 2.14 bits per heavy atom. The quantitative estimate of drug-likeness (QED) is 0.303. The average molecular weight is 495 g/mol. The van der Waals surface area contributed by atoms with Gasteiger partial charge in [-0.3, -0.25) is 9.55 Å². The summed E-state index contributed by atoms with van der Waals surface area (Å²) in [6.07, 6.45) is 6.73. The molecule has 0 bridgehead atoms. The van der Waals surface area contributed by atoms with E-state index in [0.717, 1.165) is 40.6 Å². The molecule has 36 heavy (non-hydrogen) atoms. The number of ether oxygens (including phenoxy) is 1. The van der Waals surface area contributed by atoms with Gasteiger partial charge in [-0.05, 0) is 43.5 Å². The lowest BCUT2D eigenvalue weighted by Gasteiger charge is -2.15. The van der Waals surface area contributed by atoms with Crippen LogP contribution in [0.3, 0.4) is 0 Å². The molecule has 0 saturated carbocycles. The van der Waals surface area contributed by atoms with Crippen LogP contribution >= 0.6 is 0 Å². The molecule has 0 saturated heterocycles. The molecule has 0 radical (unpaired) electrons. The first kappa shape index (κ1) is 30.4. The zero-order valence-electron chi connectivity index (χ0n) is 23.0. The molecule has 0 amide bonds. The molecule has 3 heterocycles. The third kappa shape index (κ3) is 8.52. The summed E-state index contributed by atoms with van der Waals surface area (Å²) in [7, 11) is 1.67. The molecule has 0 aliphatic heterocycles. The van der Waals surface area contributed by atoms with E-state index in [1.807, 2.05) is 76.4 Å². The summed E-state index contributed by atoms with van der Waals surface area (Å²) >= 11 is 0. The Labute approximate surface area is 214 Å². The Hall–Kier alpha value is -3.68. The van der Waals surface area contributed by atoms with Gasteiger partial charge < -0.3 is 4.74 Å². The van der Waals surface area contributed by atoms with Gasteiger partial charge in [-0.15, -0.1) is 10.2 Å². The van der Waals surface area contributed by atoms with E-state index in [4.69, 9.17) is 4.74 Å². The monoisotopic (exact) mass is 494 g/mol. The number of benzene rings is 1. The molecular weight excluding hydrogens is 455 g/mol. The van der Waals surface area contributed by atoms with Crippen molar-refractivity contribution in [3.63, 3.8) is 0 Å². The molecule has 3 aromatic heterocycles. The van der Waals surface area contributed by atoms with Crippen LogP contribution in [0.25, 0.3) is 17.1 Å². The van der Waals surface area contributed by atoms with Crippen molar-refractivity contribution < 1.29 is 9.13 Å². The van der Waals surface area contributed by atoms with Crippen molar-refractivity contribution in [3.8, 4) is 22.8 Å². The highest BCUT2D eigenvalue weighted by molar-refractivity contribution is 5.62. The molecule has 0 aliphatic carbocycles. The molecule has 4 rings (SSSR count). The Morgan fingerprint density at radius 1 is 0.917 bits per heavy atom. The maximum atomic E-state index is 12.3. The van der Waals surface area contributed by atoms with Crippen LogP contribution in [0.1, 0.15) is 58.8 Å². The SMILES string of the molecule is CC.CC.CC(C)Cc1ncc(F)cn1.COc1cccc(C)c1-n1c(C)nnc1-c1cccnc1. The number of halogens is 1. The predicted molar refractivity (Wildman–Crippen MR) is 144 cm³/mol. The molecule has 4 aromatic rings. The summed E-state index contributed by atoms with van der Waals surface area (Å²) in [6, 6.07) is 9.82. The summed E-state index contributed by atoms with van der Waals surface area (Å²) in [6.45, 7) is 16.1. The summed E-state index contributed by atoms with van der Waals surface area (Å²) < 4.78 is 19.8. The number of methoxy groups -OCH3 is 1. The molecule has 8 heteroatoms. The highest BCUT2D eigenvalue weighted by Crippen LogP contribution is 2.31. The van der Waals surface area contributed by atoms with Gasteiger partial charge in [-0.1, -0.05) is 53.7 Å². The smallest absolute Gasteiger partial charge is 0.170 e. The fraction of sp³-hybridized carbons (Fsp3) is 0.393. The van der Waals surface area contributed by atoms with E-state index >= 15 is 0 Å². The van der Waals surface area contributed by atoms with Crippen molar-refractivity contribution in [2.75, 3.05) is 7.11 Å². The van der Waals surface area contributed by atoms with E-state index in [1.54, 1.807) is 19.5 Å². The number of rotatable bonds is 5. The van der Waals surface area contributed by atoms with Gasteiger partial charge in [-0.2, -0.15) is 0 Å². The lowest BCUT2D eigenvalue weighted by molar-refractivity contribution is 0.412. The van der Waals surface area contributed by atoms with Crippen LogP contribution in [0.5, 0.6) is 5.75 Å². The molecule has 7 nitrogen and oxygen atoms in total.